The van der Waals surface area contributed by atoms with Crippen LogP contribution in [0.15, 0.2) is 0 Å². The number of aliphatic hydroxyl groups is 1. The van der Waals surface area contributed by atoms with Crippen LogP contribution in [0, 0.1) is 5.92 Å². The number of rotatable bonds is 7. The van der Waals surface area contributed by atoms with Gasteiger partial charge in [0, 0.05) is 25.3 Å². The molecule has 3 unspecified atom stereocenters. The molecular formula is C14H29NO2. The normalized spacial score (nSPS) is 27.4. The van der Waals surface area contributed by atoms with Crippen LogP contribution in [0.5, 0.6) is 0 Å². The molecule has 3 atom stereocenters. The van der Waals surface area contributed by atoms with E-state index in [-0.39, 0.29) is 6.61 Å². The van der Waals surface area contributed by atoms with Crippen molar-refractivity contribution in [3.63, 3.8) is 0 Å². The average molecular weight is 243 g/mol. The van der Waals surface area contributed by atoms with Gasteiger partial charge >= 0.3 is 0 Å². The summed E-state index contributed by atoms with van der Waals surface area (Å²) in [5, 5.41) is 12.8. The van der Waals surface area contributed by atoms with Gasteiger partial charge in [-0.15, -0.1) is 0 Å². The maximum absolute atomic E-state index is 9.09. The summed E-state index contributed by atoms with van der Waals surface area (Å²) in [6.45, 7) is 7.80. The summed E-state index contributed by atoms with van der Waals surface area (Å²) in [6.07, 6.45) is 5.89. The Morgan fingerprint density at radius 1 is 1.41 bits per heavy atom. The minimum absolute atomic E-state index is 0.275. The fraction of sp³-hybridized carbons (Fsp3) is 1.00. The Kier molecular flexibility index (Phi) is 7.09. The first kappa shape index (κ1) is 14.9. The van der Waals surface area contributed by atoms with Crippen LogP contribution in [0.25, 0.3) is 0 Å². The molecule has 0 aromatic heterocycles. The van der Waals surface area contributed by atoms with Gasteiger partial charge in [0.15, 0.2) is 0 Å². The maximum Gasteiger partial charge on any atom is 0.0589 e. The Balaban J connectivity index is 2.37. The summed E-state index contributed by atoms with van der Waals surface area (Å²) in [6, 6.07) is 1.00. The van der Waals surface area contributed by atoms with Crippen molar-refractivity contribution in [2.24, 2.45) is 5.92 Å². The minimum Gasteiger partial charge on any atom is -0.396 e. The second-order valence-corrected chi connectivity index (χ2v) is 5.53. The lowest BCUT2D eigenvalue weighted by molar-refractivity contribution is -0.00654. The number of hydrogen-bond acceptors (Lipinski definition) is 3. The molecule has 1 heterocycles. The van der Waals surface area contributed by atoms with Crippen LogP contribution in [0.1, 0.15) is 52.9 Å². The van der Waals surface area contributed by atoms with Gasteiger partial charge in [-0.2, -0.15) is 0 Å². The minimum atomic E-state index is 0.275. The van der Waals surface area contributed by atoms with E-state index in [4.69, 9.17) is 9.84 Å². The topological polar surface area (TPSA) is 41.5 Å². The molecular weight excluding hydrogens is 214 g/mol. The number of aliphatic hydroxyl groups excluding tert-OH is 1. The first-order valence-corrected chi connectivity index (χ1v) is 7.15. The maximum atomic E-state index is 9.09. The third-order valence-corrected chi connectivity index (χ3v) is 3.67. The van der Waals surface area contributed by atoms with Crippen molar-refractivity contribution in [1.29, 1.82) is 0 Å². The summed E-state index contributed by atoms with van der Waals surface area (Å²) in [5.41, 5.74) is 0. The molecule has 0 aromatic carbocycles. The quantitative estimate of drug-likeness (QED) is 0.721. The standard InChI is InChI=1S/C14H29NO2/c1-4-5-13-10-12(7-9-17-13)15-14(6-8-16)11(2)3/h11-16H,4-10H2,1-3H3. The van der Waals surface area contributed by atoms with Gasteiger partial charge < -0.3 is 15.2 Å². The molecule has 3 nitrogen and oxygen atoms in total. The van der Waals surface area contributed by atoms with Gasteiger partial charge in [0.05, 0.1) is 6.10 Å². The Morgan fingerprint density at radius 3 is 2.76 bits per heavy atom. The van der Waals surface area contributed by atoms with Crippen LogP contribution < -0.4 is 5.32 Å². The van der Waals surface area contributed by atoms with Gasteiger partial charge in [-0.05, 0) is 31.6 Å². The van der Waals surface area contributed by atoms with Crippen molar-refractivity contribution in [3.8, 4) is 0 Å². The van der Waals surface area contributed by atoms with E-state index in [1.807, 2.05) is 0 Å². The lowest BCUT2D eigenvalue weighted by Crippen LogP contribution is -2.46. The highest BCUT2D eigenvalue weighted by Crippen LogP contribution is 2.19. The lowest BCUT2D eigenvalue weighted by Gasteiger charge is -2.34. The molecule has 2 N–H and O–H groups in total. The van der Waals surface area contributed by atoms with Crippen molar-refractivity contribution in [3.05, 3.63) is 0 Å². The van der Waals surface area contributed by atoms with Crippen molar-refractivity contribution in [2.45, 2.75) is 71.1 Å². The third kappa shape index (κ3) is 5.36. The smallest absolute Gasteiger partial charge is 0.0589 e. The lowest BCUT2D eigenvalue weighted by atomic mass is 9.95. The zero-order valence-electron chi connectivity index (χ0n) is 11.6. The molecule has 0 aliphatic carbocycles. The number of hydrogen-bond donors (Lipinski definition) is 2. The van der Waals surface area contributed by atoms with Crippen LogP contribution in [0.2, 0.25) is 0 Å². The van der Waals surface area contributed by atoms with Gasteiger partial charge in [-0.1, -0.05) is 27.2 Å². The largest absolute Gasteiger partial charge is 0.396 e. The van der Waals surface area contributed by atoms with E-state index in [1.165, 1.54) is 12.8 Å². The number of ether oxygens (including phenoxy) is 1. The Morgan fingerprint density at radius 2 is 2.18 bits per heavy atom. The van der Waals surface area contributed by atoms with E-state index in [2.05, 4.69) is 26.1 Å². The van der Waals surface area contributed by atoms with Gasteiger partial charge in [0.2, 0.25) is 0 Å². The fourth-order valence-corrected chi connectivity index (χ4v) is 2.61. The summed E-state index contributed by atoms with van der Waals surface area (Å²) in [4.78, 5) is 0. The molecule has 1 aliphatic rings. The predicted octanol–water partition coefficient (Wildman–Crippen LogP) is 2.33. The van der Waals surface area contributed by atoms with E-state index in [0.29, 0.717) is 24.1 Å². The highest BCUT2D eigenvalue weighted by atomic mass is 16.5. The fourth-order valence-electron chi connectivity index (χ4n) is 2.61. The Labute approximate surface area is 106 Å². The molecule has 0 radical (unpaired) electrons. The van der Waals surface area contributed by atoms with Crippen LogP contribution in [-0.2, 0) is 4.74 Å². The monoisotopic (exact) mass is 243 g/mol. The molecule has 0 bridgehead atoms. The van der Waals surface area contributed by atoms with Crippen molar-refractivity contribution in [1.82, 2.24) is 5.32 Å². The Bertz CT molecular complexity index is 195. The van der Waals surface area contributed by atoms with Crippen molar-refractivity contribution < 1.29 is 9.84 Å². The predicted molar refractivity (Wildman–Crippen MR) is 71.1 cm³/mol. The van der Waals surface area contributed by atoms with Crippen LogP contribution in [-0.4, -0.2) is 36.5 Å². The van der Waals surface area contributed by atoms with Gasteiger partial charge in [-0.3, -0.25) is 0 Å². The molecule has 1 rings (SSSR count). The molecule has 1 saturated heterocycles. The van der Waals surface area contributed by atoms with E-state index < -0.39 is 0 Å². The van der Waals surface area contributed by atoms with Crippen molar-refractivity contribution >= 4 is 0 Å². The molecule has 0 spiro atoms. The summed E-state index contributed by atoms with van der Waals surface area (Å²) in [5.74, 6) is 0.578. The highest BCUT2D eigenvalue weighted by Gasteiger charge is 2.24. The first-order valence-electron chi connectivity index (χ1n) is 7.15. The summed E-state index contributed by atoms with van der Waals surface area (Å²) >= 11 is 0. The zero-order chi connectivity index (χ0) is 12.7. The third-order valence-electron chi connectivity index (χ3n) is 3.67. The second-order valence-electron chi connectivity index (χ2n) is 5.53. The second kappa shape index (κ2) is 8.06. The molecule has 102 valence electrons. The average Bonchev–Trinajstić information content (AvgIpc) is 2.29. The van der Waals surface area contributed by atoms with Gasteiger partial charge in [0.1, 0.15) is 0 Å². The molecule has 17 heavy (non-hydrogen) atoms. The zero-order valence-corrected chi connectivity index (χ0v) is 11.6. The summed E-state index contributed by atoms with van der Waals surface area (Å²) in [7, 11) is 0. The van der Waals surface area contributed by atoms with Crippen molar-refractivity contribution in [2.75, 3.05) is 13.2 Å². The SMILES string of the molecule is CCCC1CC(NC(CCO)C(C)C)CCO1. The van der Waals surface area contributed by atoms with Crippen LogP contribution >= 0.6 is 0 Å². The van der Waals surface area contributed by atoms with E-state index in [1.54, 1.807) is 0 Å². The molecule has 0 saturated carbocycles. The molecule has 1 aliphatic heterocycles. The Hall–Kier alpha value is -0.120. The molecule has 1 fully saturated rings. The van der Waals surface area contributed by atoms with E-state index in [9.17, 15) is 0 Å². The summed E-state index contributed by atoms with van der Waals surface area (Å²) < 4.78 is 5.76. The van der Waals surface area contributed by atoms with E-state index >= 15 is 0 Å². The van der Waals surface area contributed by atoms with Gasteiger partial charge in [0.25, 0.3) is 0 Å². The highest BCUT2D eigenvalue weighted by molar-refractivity contribution is 4.81. The van der Waals surface area contributed by atoms with Gasteiger partial charge in [-0.25, -0.2) is 0 Å². The molecule has 3 heteroatoms. The van der Waals surface area contributed by atoms with E-state index in [0.717, 1.165) is 25.9 Å². The molecule has 0 aromatic rings. The molecule has 0 amide bonds. The van der Waals surface area contributed by atoms with Crippen LogP contribution in [0.3, 0.4) is 0 Å². The number of nitrogens with one attached hydrogen (secondary N) is 1. The van der Waals surface area contributed by atoms with Crippen LogP contribution in [0.4, 0.5) is 0 Å². The first-order chi connectivity index (χ1) is 8.17.